The summed E-state index contributed by atoms with van der Waals surface area (Å²) in [6.07, 6.45) is 0.264. The van der Waals surface area contributed by atoms with E-state index in [1.165, 1.54) is 5.56 Å². The molecule has 2 saturated heterocycles. The van der Waals surface area contributed by atoms with E-state index in [1.807, 2.05) is 61.5 Å². The van der Waals surface area contributed by atoms with Crippen LogP contribution in [-0.4, -0.2) is 37.7 Å². The Hall–Kier alpha value is -3.97. The average molecular weight is 527 g/mol. The van der Waals surface area contributed by atoms with Gasteiger partial charge in [-0.2, -0.15) is 0 Å². The lowest BCUT2D eigenvalue weighted by molar-refractivity contribution is -0.145. The number of benzene rings is 3. The molecule has 0 saturated carbocycles. The molecule has 0 amide bonds. The standard InChI is InChI=1S/C32H34N2O5/c1-21-29(33-31(38-21)24-9-6-10-26(17-24)36-2)15-16-37-25-13-11-23(12-14-25)30-27-19-34(20-28(27)32(35)39-30)18-22-7-4-3-5-8-22/h3-14,17,27-28,30-31,33H,15-16,18-20H2,1-2H3/t27-,28+,30+,31?/m0/s1. The molecule has 7 heteroatoms. The Balaban J connectivity index is 1.01. The van der Waals surface area contributed by atoms with Crippen molar-refractivity contribution < 1.29 is 23.7 Å². The van der Waals surface area contributed by atoms with E-state index in [9.17, 15) is 4.79 Å². The highest BCUT2D eigenvalue weighted by Gasteiger charge is 2.50. The fraction of sp³-hybridized carbons (Fsp3) is 0.344. The van der Waals surface area contributed by atoms with Crippen LogP contribution >= 0.6 is 0 Å². The second kappa shape index (κ2) is 11.0. The van der Waals surface area contributed by atoms with Gasteiger partial charge in [-0.25, -0.2) is 0 Å². The molecule has 39 heavy (non-hydrogen) atoms. The van der Waals surface area contributed by atoms with Gasteiger partial charge in [-0.1, -0.05) is 54.6 Å². The van der Waals surface area contributed by atoms with E-state index in [4.69, 9.17) is 18.9 Å². The summed E-state index contributed by atoms with van der Waals surface area (Å²) in [6, 6.07) is 26.3. The molecule has 7 nitrogen and oxygen atoms in total. The Labute approximate surface area is 229 Å². The van der Waals surface area contributed by atoms with Gasteiger partial charge < -0.3 is 24.3 Å². The summed E-state index contributed by atoms with van der Waals surface area (Å²) in [4.78, 5) is 15.0. The van der Waals surface area contributed by atoms with Crippen molar-refractivity contribution in [2.75, 3.05) is 26.8 Å². The third-order valence-electron chi connectivity index (χ3n) is 7.88. The lowest BCUT2D eigenvalue weighted by Gasteiger charge is -2.20. The van der Waals surface area contributed by atoms with Crippen molar-refractivity contribution in [1.29, 1.82) is 0 Å². The zero-order valence-corrected chi connectivity index (χ0v) is 22.3. The lowest BCUT2D eigenvalue weighted by atomic mass is 9.90. The molecule has 3 aliphatic rings. The quantitative estimate of drug-likeness (QED) is 0.377. The number of nitrogens with one attached hydrogen (secondary N) is 1. The van der Waals surface area contributed by atoms with E-state index in [0.717, 1.165) is 53.7 Å². The molecular formula is C32H34N2O5. The van der Waals surface area contributed by atoms with Crippen molar-refractivity contribution in [1.82, 2.24) is 10.2 Å². The first-order valence-electron chi connectivity index (χ1n) is 13.5. The van der Waals surface area contributed by atoms with Crippen LogP contribution in [0.4, 0.5) is 0 Å². The molecule has 0 radical (unpaired) electrons. The summed E-state index contributed by atoms with van der Waals surface area (Å²) in [5, 5.41) is 3.45. The van der Waals surface area contributed by atoms with E-state index in [1.54, 1.807) is 7.11 Å². The molecule has 202 valence electrons. The maximum Gasteiger partial charge on any atom is 0.311 e. The molecule has 3 aliphatic heterocycles. The summed E-state index contributed by atoms with van der Waals surface area (Å²) in [6.45, 7) is 4.95. The van der Waals surface area contributed by atoms with Gasteiger partial charge in [-0.05, 0) is 42.3 Å². The molecular weight excluding hydrogens is 492 g/mol. The summed E-state index contributed by atoms with van der Waals surface area (Å²) >= 11 is 0. The summed E-state index contributed by atoms with van der Waals surface area (Å²) < 4.78 is 23.2. The minimum Gasteiger partial charge on any atom is -0.497 e. The summed E-state index contributed by atoms with van der Waals surface area (Å²) in [5.41, 5.74) is 4.34. The predicted molar refractivity (Wildman–Crippen MR) is 147 cm³/mol. The van der Waals surface area contributed by atoms with Crippen LogP contribution in [0.1, 0.15) is 42.4 Å². The Kier molecular flexibility index (Phi) is 7.16. The lowest BCUT2D eigenvalue weighted by Crippen LogP contribution is -2.24. The third-order valence-corrected chi connectivity index (χ3v) is 7.88. The second-order valence-electron chi connectivity index (χ2n) is 10.4. The molecule has 0 aromatic heterocycles. The number of fused-ring (bicyclic) bond motifs is 1. The van der Waals surface area contributed by atoms with E-state index in [2.05, 4.69) is 34.5 Å². The fourth-order valence-electron chi connectivity index (χ4n) is 5.82. The summed E-state index contributed by atoms with van der Waals surface area (Å²) in [7, 11) is 1.66. The number of methoxy groups -OCH3 is 1. The third kappa shape index (κ3) is 5.45. The highest BCUT2D eigenvalue weighted by Crippen LogP contribution is 2.44. The minimum absolute atomic E-state index is 0.0620. The van der Waals surface area contributed by atoms with Crippen molar-refractivity contribution in [3.63, 3.8) is 0 Å². The maximum atomic E-state index is 12.6. The molecule has 0 spiro atoms. The van der Waals surface area contributed by atoms with Gasteiger partial charge in [0.15, 0.2) is 6.23 Å². The van der Waals surface area contributed by atoms with Gasteiger partial charge in [-0.3, -0.25) is 9.69 Å². The Morgan fingerprint density at radius 1 is 0.923 bits per heavy atom. The van der Waals surface area contributed by atoms with E-state index < -0.39 is 0 Å². The molecule has 3 aromatic rings. The number of nitrogens with zero attached hydrogens (tertiary/aromatic N) is 1. The predicted octanol–water partition coefficient (Wildman–Crippen LogP) is 5.36. The van der Waals surface area contributed by atoms with Gasteiger partial charge in [-0.15, -0.1) is 0 Å². The van der Waals surface area contributed by atoms with Crippen LogP contribution in [0.25, 0.3) is 0 Å². The first-order chi connectivity index (χ1) is 19.1. The number of likely N-dealkylation sites (tertiary alicyclic amines) is 1. The number of ether oxygens (including phenoxy) is 4. The average Bonchev–Trinajstić information content (AvgIpc) is 3.64. The molecule has 1 N–H and O–H groups in total. The van der Waals surface area contributed by atoms with Crippen LogP contribution in [0.2, 0.25) is 0 Å². The molecule has 1 unspecified atom stereocenters. The van der Waals surface area contributed by atoms with Crippen LogP contribution in [0, 0.1) is 11.8 Å². The van der Waals surface area contributed by atoms with Crippen molar-refractivity contribution >= 4 is 5.97 Å². The molecule has 2 fully saturated rings. The Morgan fingerprint density at radius 3 is 2.54 bits per heavy atom. The first-order valence-corrected chi connectivity index (χ1v) is 13.5. The number of carbonyl (C=O) groups excluding carboxylic acids is 1. The van der Waals surface area contributed by atoms with Crippen LogP contribution in [0.5, 0.6) is 11.5 Å². The van der Waals surface area contributed by atoms with Crippen molar-refractivity contribution in [3.8, 4) is 11.5 Å². The van der Waals surface area contributed by atoms with Gasteiger partial charge in [0.2, 0.25) is 0 Å². The number of rotatable bonds is 9. The first kappa shape index (κ1) is 25.3. The SMILES string of the molecule is COc1cccc(C2NC(CCOc3ccc([C@H]4OC(=O)[C@@H]5CN(Cc6ccccc6)C[C@H]45)cc3)=C(C)O2)c1. The number of esters is 1. The van der Waals surface area contributed by atoms with E-state index in [-0.39, 0.29) is 30.1 Å². The van der Waals surface area contributed by atoms with Crippen molar-refractivity contribution in [2.45, 2.75) is 32.2 Å². The topological polar surface area (TPSA) is 69.3 Å². The Morgan fingerprint density at radius 2 is 1.74 bits per heavy atom. The second-order valence-corrected chi connectivity index (χ2v) is 10.4. The van der Waals surface area contributed by atoms with Crippen LogP contribution in [0.15, 0.2) is 90.3 Å². The zero-order valence-electron chi connectivity index (χ0n) is 22.3. The molecule has 3 aromatic carbocycles. The molecule has 4 atom stereocenters. The molecule has 3 heterocycles. The Bertz CT molecular complexity index is 1340. The number of allylic oxidation sites excluding steroid dienone is 1. The van der Waals surface area contributed by atoms with Gasteiger partial charge >= 0.3 is 5.97 Å². The van der Waals surface area contributed by atoms with Crippen molar-refractivity contribution in [2.24, 2.45) is 11.8 Å². The van der Waals surface area contributed by atoms with Crippen molar-refractivity contribution in [3.05, 3.63) is 107 Å². The van der Waals surface area contributed by atoms with Gasteiger partial charge in [0.25, 0.3) is 0 Å². The fourth-order valence-corrected chi connectivity index (χ4v) is 5.82. The van der Waals surface area contributed by atoms with Crippen LogP contribution < -0.4 is 14.8 Å². The van der Waals surface area contributed by atoms with Crippen LogP contribution in [0.3, 0.4) is 0 Å². The number of cyclic esters (lactones) is 1. The number of hydrogen-bond acceptors (Lipinski definition) is 7. The van der Waals surface area contributed by atoms with Gasteiger partial charge in [0.05, 0.1) is 25.3 Å². The summed E-state index contributed by atoms with van der Waals surface area (Å²) in [5.74, 6) is 2.50. The van der Waals surface area contributed by atoms with E-state index >= 15 is 0 Å². The monoisotopic (exact) mass is 526 g/mol. The largest absolute Gasteiger partial charge is 0.497 e. The van der Waals surface area contributed by atoms with E-state index in [0.29, 0.717) is 13.0 Å². The highest BCUT2D eigenvalue weighted by atomic mass is 16.6. The molecule has 0 bridgehead atoms. The maximum absolute atomic E-state index is 12.6. The van der Waals surface area contributed by atoms with Gasteiger partial charge in [0, 0.05) is 37.5 Å². The van der Waals surface area contributed by atoms with Crippen LogP contribution in [-0.2, 0) is 20.8 Å². The zero-order chi connectivity index (χ0) is 26.8. The normalized spacial score (nSPS) is 24.2. The molecule has 6 rings (SSSR count). The number of carbonyl (C=O) groups is 1. The number of hydrogen-bond donors (Lipinski definition) is 1. The minimum atomic E-state index is -0.230. The highest BCUT2D eigenvalue weighted by molar-refractivity contribution is 5.76. The smallest absolute Gasteiger partial charge is 0.311 e. The van der Waals surface area contributed by atoms with Gasteiger partial charge in [0.1, 0.15) is 23.4 Å². The molecule has 0 aliphatic carbocycles.